The van der Waals surface area contributed by atoms with Crippen LogP contribution < -0.4 is 16.0 Å². The molecule has 15 heavy (non-hydrogen) atoms. The molecule has 0 radical (unpaired) electrons. The molecule has 0 aromatic heterocycles. The van der Waals surface area contributed by atoms with Gasteiger partial charge in [0.25, 0.3) is 0 Å². The number of hydrazine groups is 1. The molecule has 3 nitrogen and oxygen atoms in total. The lowest BCUT2D eigenvalue weighted by Gasteiger charge is -2.12. The van der Waals surface area contributed by atoms with E-state index in [1.165, 1.54) is 18.2 Å². The topological polar surface area (TPSA) is 47.3 Å². The summed E-state index contributed by atoms with van der Waals surface area (Å²) in [5, 5.41) is 0. The molecule has 1 rings (SSSR count). The summed E-state index contributed by atoms with van der Waals surface area (Å²) in [6, 6.07) is 4.17. The van der Waals surface area contributed by atoms with Crippen molar-refractivity contribution >= 4 is 18.1 Å². The molecule has 0 spiro atoms. The van der Waals surface area contributed by atoms with Gasteiger partial charge in [-0.3, -0.25) is 5.84 Å². The standard InChI is InChI=1S/C8H9F3N2O.ClH/c1-5-2-3-7(6(4-5)13-12)14-8(9,10)11;/h2-4,13H,12H2,1H3;1H. The van der Waals surface area contributed by atoms with Crippen molar-refractivity contribution in [2.24, 2.45) is 5.84 Å². The molecular weight excluding hydrogens is 233 g/mol. The number of rotatable bonds is 2. The second-order valence-electron chi connectivity index (χ2n) is 2.69. The fraction of sp³-hybridized carbons (Fsp3) is 0.250. The maximum absolute atomic E-state index is 11.9. The number of anilines is 1. The molecule has 0 aliphatic carbocycles. The van der Waals surface area contributed by atoms with E-state index in [4.69, 9.17) is 5.84 Å². The molecule has 1 aromatic carbocycles. The Kier molecular flexibility index (Phi) is 4.70. The van der Waals surface area contributed by atoms with Crippen molar-refractivity contribution in [1.82, 2.24) is 0 Å². The van der Waals surface area contributed by atoms with E-state index in [2.05, 4.69) is 10.2 Å². The van der Waals surface area contributed by atoms with Crippen LogP contribution in [-0.2, 0) is 0 Å². The van der Waals surface area contributed by atoms with Crippen LogP contribution in [0, 0.1) is 6.92 Å². The van der Waals surface area contributed by atoms with Gasteiger partial charge in [0.1, 0.15) is 0 Å². The summed E-state index contributed by atoms with van der Waals surface area (Å²) >= 11 is 0. The maximum atomic E-state index is 11.9. The molecule has 0 saturated heterocycles. The largest absolute Gasteiger partial charge is 0.573 e. The molecule has 0 unspecified atom stereocenters. The number of ether oxygens (including phenoxy) is 1. The Morgan fingerprint density at radius 2 is 1.93 bits per heavy atom. The zero-order valence-corrected chi connectivity index (χ0v) is 8.58. The van der Waals surface area contributed by atoms with Crippen LogP contribution >= 0.6 is 12.4 Å². The predicted octanol–water partition coefficient (Wildman–Crippen LogP) is 2.60. The van der Waals surface area contributed by atoms with E-state index in [1.807, 2.05) is 0 Å². The fourth-order valence-corrected chi connectivity index (χ4v) is 0.970. The first-order valence-corrected chi connectivity index (χ1v) is 3.75. The summed E-state index contributed by atoms with van der Waals surface area (Å²) in [6.07, 6.45) is -4.71. The van der Waals surface area contributed by atoms with Gasteiger partial charge >= 0.3 is 6.36 Å². The number of hydrogen-bond acceptors (Lipinski definition) is 3. The van der Waals surface area contributed by atoms with Crippen molar-refractivity contribution in [3.8, 4) is 5.75 Å². The molecule has 1 aromatic rings. The fourth-order valence-electron chi connectivity index (χ4n) is 0.970. The van der Waals surface area contributed by atoms with Gasteiger partial charge < -0.3 is 10.2 Å². The van der Waals surface area contributed by atoms with Crippen molar-refractivity contribution in [1.29, 1.82) is 0 Å². The van der Waals surface area contributed by atoms with E-state index < -0.39 is 6.36 Å². The van der Waals surface area contributed by atoms with E-state index in [0.29, 0.717) is 0 Å². The summed E-state index contributed by atoms with van der Waals surface area (Å²) in [6.45, 7) is 1.73. The first-order chi connectivity index (χ1) is 6.42. The highest BCUT2D eigenvalue weighted by Gasteiger charge is 2.32. The van der Waals surface area contributed by atoms with Gasteiger partial charge in [-0.15, -0.1) is 25.6 Å². The molecule has 86 valence electrons. The minimum absolute atomic E-state index is 0. The Labute approximate surface area is 90.8 Å². The van der Waals surface area contributed by atoms with Crippen molar-refractivity contribution in [2.75, 3.05) is 5.43 Å². The molecule has 0 aliphatic rings. The van der Waals surface area contributed by atoms with Crippen molar-refractivity contribution in [2.45, 2.75) is 13.3 Å². The zero-order valence-electron chi connectivity index (χ0n) is 7.76. The summed E-state index contributed by atoms with van der Waals surface area (Å²) in [5.41, 5.74) is 3.02. The van der Waals surface area contributed by atoms with Crippen LogP contribution in [0.2, 0.25) is 0 Å². The molecule has 0 heterocycles. The maximum Gasteiger partial charge on any atom is 0.573 e. The molecule has 0 bridgehead atoms. The van der Waals surface area contributed by atoms with Crippen LogP contribution in [0.1, 0.15) is 5.56 Å². The van der Waals surface area contributed by atoms with E-state index in [9.17, 15) is 13.2 Å². The second kappa shape index (κ2) is 5.09. The van der Waals surface area contributed by atoms with E-state index in [1.54, 1.807) is 6.92 Å². The van der Waals surface area contributed by atoms with E-state index in [0.717, 1.165) is 5.56 Å². The minimum Gasteiger partial charge on any atom is -0.404 e. The van der Waals surface area contributed by atoms with Gasteiger partial charge in [0.2, 0.25) is 0 Å². The predicted molar refractivity (Wildman–Crippen MR) is 52.9 cm³/mol. The zero-order chi connectivity index (χ0) is 10.8. The van der Waals surface area contributed by atoms with Gasteiger partial charge in [0.15, 0.2) is 5.75 Å². The molecule has 0 fully saturated rings. The van der Waals surface area contributed by atoms with Crippen LogP contribution in [0.25, 0.3) is 0 Å². The Bertz CT molecular complexity index is 330. The third kappa shape index (κ3) is 4.26. The normalized spacial score (nSPS) is 10.5. The number of aryl methyl sites for hydroxylation is 1. The highest BCUT2D eigenvalue weighted by Crippen LogP contribution is 2.30. The Hall–Kier alpha value is -1.14. The van der Waals surface area contributed by atoms with Crippen LogP contribution in [0.3, 0.4) is 0 Å². The number of hydrogen-bond donors (Lipinski definition) is 2. The van der Waals surface area contributed by atoms with E-state index >= 15 is 0 Å². The van der Waals surface area contributed by atoms with Gasteiger partial charge in [0.05, 0.1) is 5.69 Å². The molecule has 7 heteroatoms. The highest BCUT2D eigenvalue weighted by atomic mass is 35.5. The summed E-state index contributed by atoms with van der Waals surface area (Å²) in [5.74, 6) is 4.70. The minimum atomic E-state index is -4.71. The lowest BCUT2D eigenvalue weighted by atomic mass is 10.2. The average Bonchev–Trinajstić information content (AvgIpc) is 2.06. The molecule has 3 N–H and O–H groups in total. The molecule has 0 amide bonds. The SMILES string of the molecule is Cc1ccc(OC(F)(F)F)c(NN)c1.Cl. The number of nitrogens with one attached hydrogen (secondary N) is 1. The summed E-state index contributed by atoms with van der Waals surface area (Å²) in [4.78, 5) is 0. The summed E-state index contributed by atoms with van der Waals surface area (Å²) < 4.78 is 39.3. The third-order valence-corrected chi connectivity index (χ3v) is 1.52. The molecule has 0 aliphatic heterocycles. The molecule has 0 saturated carbocycles. The van der Waals surface area contributed by atoms with Gasteiger partial charge in [0, 0.05) is 0 Å². The van der Waals surface area contributed by atoms with Gasteiger partial charge in [-0.1, -0.05) is 6.07 Å². The van der Waals surface area contributed by atoms with Crippen LogP contribution in [0.5, 0.6) is 5.75 Å². The van der Waals surface area contributed by atoms with Crippen LogP contribution in [-0.4, -0.2) is 6.36 Å². The monoisotopic (exact) mass is 242 g/mol. The second-order valence-corrected chi connectivity index (χ2v) is 2.69. The van der Waals surface area contributed by atoms with Gasteiger partial charge in [-0.25, -0.2) is 0 Å². The van der Waals surface area contributed by atoms with Crippen LogP contribution in [0.15, 0.2) is 18.2 Å². The lowest BCUT2D eigenvalue weighted by Crippen LogP contribution is -2.19. The van der Waals surface area contributed by atoms with E-state index in [-0.39, 0.29) is 23.8 Å². The van der Waals surface area contributed by atoms with Crippen molar-refractivity contribution in [3.63, 3.8) is 0 Å². The molecular formula is C8H10ClF3N2O. The quantitative estimate of drug-likeness (QED) is 0.619. The van der Waals surface area contributed by atoms with Gasteiger partial charge in [-0.05, 0) is 24.6 Å². The Morgan fingerprint density at radius 3 is 2.40 bits per heavy atom. The van der Waals surface area contributed by atoms with Crippen molar-refractivity contribution in [3.05, 3.63) is 23.8 Å². The number of halogens is 4. The molecule has 0 atom stereocenters. The number of alkyl halides is 3. The number of nitrogen functional groups attached to an aromatic ring is 1. The first-order valence-electron chi connectivity index (χ1n) is 3.75. The Balaban J connectivity index is 0.00000196. The highest BCUT2D eigenvalue weighted by molar-refractivity contribution is 5.85. The average molecular weight is 243 g/mol. The third-order valence-electron chi connectivity index (χ3n) is 1.52. The number of benzene rings is 1. The lowest BCUT2D eigenvalue weighted by molar-refractivity contribution is -0.274. The van der Waals surface area contributed by atoms with Crippen LogP contribution in [0.4, 0.5) is 18.9 Å². The number of nitrogens with two attached hydrogens (primary N) is 1. The van der Waals surface area contributed by atoms with Gasteiger partial charge in [-0.2, -0.15) is 0 Å². The van der Waals surface area contributed by atoms with Crippen molar-refractivity contribution < 1.29 is 17.9 Å². The Morgan fingerprint density at radius 1 is 1.33 bits per heavy atom. The first kappa shape index (κ1) is 13.9. The summed E-state index contributed by atoms with van der Waals surface area (Å²) in [7, 11) is 0. The smallest absolute Gasteiger partial charge is 0.404 e.